The number of amides is 2. The first-order chi connectivity index (χ1) is 11.0. The van der Waals surface area contributed by atoms with Crippen LogP contribution < -0.4 is 0 Å². The summed E-state index contributed by atoms with van der Waals surface area (Å²) in [5.74, 6) is 0.0202. The van der Waals surface area contributed by atoms with Crippen LogP contribution in [0.1, 0.15) is 48.3 Å². The van der Waals surface area contributed by atoms with Crippen LogP contribution in [-0.2, 0) is 4.79 Å². The summed E-state index contributed by atoms with van der Waals surface area (Å²) in [5.41, 5.74) is 1.92. The smallest absolute Gasteiger partial charge is 0.258 e. The molecule has 2 aromatic heterocycles. The Balaban J connectivity index is 2.06. The van der Waals surface area contributed by atoms with E-state index < -0.39 is 0 Å². The lowest BCUT2D eigenvalue weighted by atomic mass is 10.1. The standard InChI is InChI=1S/C16H21N5O2/c1-4-14(22)20-9-5-6-12(20)13-7-8-17-15-11(10-18-21(13)15)16(23)19(2)3/h7-8,10,12H,4-6,9H2,1-3H3/t12-/m0/s1. The molecule has 3 heterocycles. The van der Waals surface area contributed by atoms with E-state index in [1.807, 2.05) is 17.9 Å². The van der Waals surface area contributed by atoms with Gasteiger partial charge in [0.15, 0.2) is 5.65 Å². The lowest BCUT2D eigenvalue weighted by Crippen LogP contribution is -2.31. The molecular weight excluding hydrogens is 294 g/mol. The van der Waals surface area contributed by atoms with E-state index in [-0.39, 0.29) is 17.9 Å². The van der Waals surface area contributed by atoms with Crippen molar-refractivity contribution in [1.82, 2.24) is 24.4 Å². The summed E-state index contributed by atoms with van der Waals surface area (Å²) in [6, 6.07) is 1.88. The molecule has 0 N–H and O–H groups in total. The maximum absolute atomic E-state index is 12.2. The van der Waals surface area contributed by atoms with E-state index in [2.05, 4.69) is 10.1 Å². The predicted molar refractivity (Wildman–Crippen MR) is 85.0 cm³/mol. The first-order valence-electron chi connectivity index (χ1n) is 7.88. The van der Waals surface area contributed by atoms with Crippen molar-refractivity contribution in [3.8, 4) is 0 Å². The molecule has 2 amide bonds. The fourth-order valence-corrected chi connectivity index (χ4v) is 3.13. The van der Waals surface area contributed by atoms with Crippen molar-refractivity contribution in [2.24, 2.45) is 0 Å². The number of fused-ring (bicyclic) bond motifs is 1. The number of nitrogens with zero attached hydrogens (tertiary/aromatic N) is 5. The van der Waals surface area contributed by atoms with Crippen molar-refractivity contribution in [2.75, 3.05) is 20.6 Å². The molecule has 0 saturated carbocycles. The Morgan fingerprint density at radius 3 is 2.87 bits per heavy atom. The molecule has 0 unspecified atom stereocenters. The van der Waals surface area contributed by atoms with Gasteiger partial charge in [-0.15, -0.1) is 0 Å². The molecule has 1 aliphatic rings. The molecule has 0 radical (unpaired) electrons. The minimum atomic E-state index is -0.127. The zero-order valence-corrected chi connectivity index (χ0v) is 13.7. The molecule has 0 aliphatic carbocycles. The van der Waals surface area contributed by atoms with Crippen LogP contribution in [0.3, 0.4) is 0 Å². The van der Waals surface area contributed by atoms with Gasteiger partial charge in [0.2, 0.25) is 5.91 Å². The number of rotatable bonds is 3. The summed E-state index contributed by atoms with van der Waals surface area (Å²) >= 11 is 0. The lowest BCUT2D eigenvalue weighted by molar-refractivity contribution is -0.131. The van der Waals surface area contributed by atoms with Gasteiger partial charge in [-0.05, 0) is 18.9 Å². The van der Waals surface area contributed by atoms with E-state index in [0.29, 0.717) is 17.6 Å². The fourth-order valence-electron chi connectivity index (χ4n) is 3.13. The second-order valence-corrected chi connectivity index (χ2v) is 5.96. The molecular formula is C16H21N5O2. The second kappa shape index (κ2) is 5.98. The molecule has 7 heteroatoms. The number of aromatic nitrogens is 3. The van der Waals surface area contributed by atoms with Gasteiger partial charge < -0.3 is 9.80 Å². The quantitative estimate of drug-likeness (QED) is 0.860. The highest BCUT2D eigenvalue weighted by atomic mass is 16.2. The highest BCUT2D eigenvalue weighted by molar-refractivity contribution is 5.99. The molecule has 122 valence electrons. The van der Waals surface area contributed by atoms with Crippen LogP contribution in [0.25, 0.3) is 5.65 Å². The SMILES string of the molecule is CCC(=O)N1CCC[C@H]1c1ccnc2c(C(=O)N(C)C)cnn12. The first kappa shape index (κ1) is 15.5. The van der Waals surface area contributed by atoms with Crippen LogP contribution in [0, 0.1) is 0 Å². The molecule has 1 atom stereocenters. The van der Waals surface area contributed by atoms with Gasteiger partial charge in [-0.1, -0.05) is 6.92 Å². The maximum atomic E-state index is 12.2. The van der Waals surface area contributed by atoms with Crippen LogP contribution in [-0.4, -0.2) is 56.9 Å². The molecule has 1 saturated heterocycles. The van der Waals surface area contributed by atoms with Gasteiger partial charge >= 0.3 is 0 Å². The minimum Gasteiger partial charge on any atom is -0.345 e. The Morgan fingerprint density at radius 1 is 1.39 bits per heavy atom. The highest BCUT2D eigenvalue weighted by Crippen LogP contribution is 2.32. The first-order valence-corrected chi connectivity index (χ1v) is 7.88. The normalized spacial score (nSPS) is 17.7. The van der Waals surface area contributed by atoms with Gasteiger partial charge in [0.1, 0.15) is 5.56 Å². The van der Waals surface area contributed by atoms with Gasteiger partial charge in [-0.2, -0.15) is 5.10 Å². The third-order valence-corrected chi connectivity index (χ3v) is 4.28. The van der Waals surface area contributed by atoms with E-state index in [4.69, 9.17) is 0 Å². The Hall–Kier alpha value is -2.44. The van der Waals surface area contributed by atoms with Gasteiger partial charge in [0, 0.05) is 33.3 Å². The maximum Gasteiger partial charge on any atom is 0.258 e. The number of carbonyl (C=O) groups excluding carboxylic acids is 2. The fraction of sp³-hybridized carbons (Fsp3) is 0.500. The number of carbonyl (C=O) groups is 2. The Morgan fingerprint density at radius 2 is 2.17 bits per heavy atom. The minimum absolute atomic E-state index is 0.00448. The second-order valence-electron chi connectivity index (χ2n) is 5.96. The third kappa shape index (κ3) is 2.56. The zero-order chi connectivity index (χ0) is 16.6. The van der Waals surface area contributed by atoms with E-state index in [1.165, 1.54) is 4.90 Å². The number of hydrogen-bond donors (Lipinski definition) is 0. The van der Waals surface area contributed by atoms with E-state index >= 15 is 0 Å². The van der Waals surface area contributed by atoms with Crippen molar-refractivity contribution >= 4 is 17.5 Å². The van der Waals surface area contributed by atoms with Gasteiger partial charge in [0.25, 0.3) is 5.91 Å². The lowest BCUT2D eigenvalue weighted by Gasteiger charge is -2.24. The predicted octanol–water partition coefficient (Wildman–Crippen LogP) is 1.50. The molecule has 1 fully saturated rings. The van der Waals surface area contributed by atoms with Crippen molar-refractivity contribution in [2.45, 2.75) is 32.2 Å². The van der Waals surface area contributed by atoms with Crippen molar-refractivity contribution < 1.29 is 9.59 Å². The molecule has 23 heavy (non-hydrogen) atoms. The average Bonchev–Trinajstić information content (AvgIpc) is 3.19. The van der Waals surface area contributed by atoms with Crippen LogP contribution in [0.2, 0.25) is 0 Å². The summed E-state index contributed by atoms with van der Waals surface area (Å²) < 4.78 is 1.70. The van der Waals surface area contributed by atoms with Gasteiger partial charge in [0.05, 0.1) is 17.9 Å². The molecule has 1 aliphatic heterocycles. The molecule has 0 aromatic carbocycles. The third-order valence-electron chi connectivity index (χ3n) is 4.28. The largest absolute Gasteiger partial charge is 0.345 e. The Kier molecular flexibility index (Phi) is 4.02. The topological polar surface area (TPSA) is 70.8 Å². The summed E-state index contributed by atoms with van der Waals surface area (Å²) in [6.45, 7) is 2.65. The van der Waals surface area contributed by atoms with E-state index in [1.54, 1.807) is 31.0 Å². The van der Waals surface area contributed by atoms with Gasteiger partial charge in [-0.3, -0.25) is 9.59 Å². The summed E-state index contributed by atoms with van der Waals surface area (Å²) in [5, 5.41) is 4.35. The Bertz CT molecular complexity index is 752. The molecule has 3 rings (SSSR count). The molecule has 2 aromatic rings. The Labute approximate surface area is 134 Å². The van der Waals surface area contributed by atoms with E-state index in [9.17, 15) is 9.59 Å². The summed E-state index contributed by atoms with van der Waals surface area (Å²) in [6.07, 6.45) is 5.61. The van der Waals surface area contributed by atoms with Crippen molar-refractivity contribution in [3.63, 3.8) is 0 Å². The average molecular weight is 315 g/mol. The van der Waals surface area contributed by atoms with Gasteiger partial charge in [-0.25, -0.2) is 9.50 Å². The summed E-state index contributed by atoms with van der Waals surface area (Å²) in [4.78, 5) is 32.1. The summed E-state index contributed by atoms with van der Waals surface area (Å²) in [7, 11) is 3.41. The molecule has 7 nitrogen and oxygen atoms in total. The number of hydrogen-bond acceptors (Lipinski definition) is 4. The number of likely N-dealkylation sites (tertiary alicyclic amines) is 1. The van der Waals surface area contributed by atoms with Crippen LogP contribution in [0.15, 0.2) is 18.5 Å². The van der Waals surface area contributed by atoms with E-state index in [0.717, 1.165) is 25.1 Å². The highest BCUT2D eigenvalue weighted by Gasteiger charge is 2.31. The van der Waals surface area contributed by atoms with Crippen LogP contribution in [0.5, 0.6) is 0 Å². The van der Waals surface area contributed by atoms with Crippen LogP contribution >= 0.6 is 0 Å². The zero-order valence-electron chi connectivity index (χ0n) is 13.7. The molecule has 0 spiro atoms. The monoisotopic (exact) mass is 315 g/mol. The van der Waals surface area contributed by atoms with Crippen molar-refractivity contribution in [1.29, 1.82) is 0 Å². The van der Waals surface area contributed by atoms with Crippen LogP contribution in [0.4, 0.5) is 0 Å². The van der Waals surface area contributed by atoms with Crippen molar-refractivity contribution in [3.05, 3.63) is 29.7 Å². The molecule has 0 bridgehead atoms.